The number of carbonyl (C=O) groups is 2. The van der Waals surface area contributed by atoms with Gasteiger partial charge in [-0.05, 0) is 69.7 Å². The minimum atomic E-state index is -0.609. The van der Waals surface area contributed by atoms with E-state index in [1.807, 2.05) is 13.8 Å². The maximum Gasteiger partial charge on any atom is 0.242 e. The second-order valence-electron chi connectivity index (χ2n) is 7.88. The van der Waals surface area contributed by atoms with Gasteiger partial charge in [0.05, 0.1) is 6.04 Å². The van der Waals surface area contributed by atoms with E-state index in [1.54, 1.807) is 11.3 Å². The van der Waals surface area contributed by atoms with Crippen LogP contribution in [-0.2, 0) is 22.4 Å². The van der Waals surface area contributed by atoms with Crippen molar-refractivity contribution in [2.75, 3.05) is 19.6 Å². The molecule has 0 spiro atoms. The average Bonchev–Trinajstić information content (AvgIpc) is 3.13. The SMILES string of the molecule is CC(C)C[C@@H](NC(=O)[C@H](N)CCCCN)C(=O)NCCc1ccc(CCCN)s1. The van der Waals surface area contributed by atoms with Crippen molar-refractivity contribution < 1.29 is 9.59 Å². The maximum atomic E-state index is 12.6. The van der Waals surface area contributed by atoms with Crippen LogP contribution in [0, 0.1) is 5.92 Å². The van der Waals surface area contributed by atoms with Gasteiger partial charge in [-0.2, -0.15) is 0 Å². The van der Waals surface area contributed by atoms with Gasteiger partial charge in [-0.15, -0.1) is 11.3 Å². The second-order valence-corrected chi connectivity index (χ2v) is 9.14. The molecular formula is C21H39N5O2S. The Bertz CT molecular complexity index is 606. The number of hydrogen-bond acceptors (Lipinski definition) is 6. The highest BCUT2D eigenvalue weighted by Crippen LogP contribution is 2.18. The Morgan fingerprint density at radius 3 is 2.28 bits per heavy atom. The third-order valence-electron chi connectivity index (χ3n) is 4.66. The van der Waals surface area contributed by atoms with Crippen molar-refractivity contribution in [1.29, 1.82) is 0 Å². The van der Waals surface area contributed by atoms with E-state index in [1.165, 1.54) is 9.75 Å². The molecule has 0 saturated heterocycles. The Hall–Kier alpha value is -1.48. The normalized spacial score (nSPS) is 13.3. The Balaban J connectivity index is 2.49. The van der Waals surface area contributed by atoms with Crippen molar-refractivity contribution in [3.8, 4) is 0 Å². The zero-order chi connectivity index (χ0) is 21.6. The van der Waals surface area contributed by atoms with Crippen LogP contribution < -0.4 is 27.8 Å². The number of carbonyl (C=O) groups excluding carboxylic acids is 2. The van der Waals surface area contributed by atoms with Crippen LogP contribution in [0.2, 0.25) is 0 Å². The molecule has 1 heterocycles. The molecule has 166 valence electrons. The molecule has 0 radical (unpaired) electrons. The first kappa shape index (κ1) is 25.6. The highest BCUT2D eigenvalue weighted by Gasteiger charge is 2.24. The van der Waals surface area contributed by atoms with E-state index in [4.69, 9.17) is 17.2 Å². The number of amides is 2. The first-order chi connectivity index (χ1) is 13.9. The van der Waals surface area contributed by atoms with Crippen LogP contribution in [0.3, 0.4) is 0 Å². The van der Waals surface area contributed by atoms with E-state index in [0.29, 0.717) is 32.5 Å². The van der Waals surface area contributed by atoms with Crippen molar-refractivity contribution in [1.82, 2.24) is 10.6 Å². The number of thiophene rings is 1. The molecule has 2 amide bonds. The molecule has 0 aliphatic carbocycles. The smallest absolute Gasteiger partial charge is 0.242 e. The van der Waals surface area contributed by atoms with E-state index >= 15 is 0 Å². The summed E-state index contributed by atoms with van der Waals surface area (Å²) in [6.07, 6.45) is 5.57. The lowest BCUT2D eigenvalue weighted by molar-refractivity contribution is -0.130. The maximum absolute atomic E-state index is 12.6. The third-order valence-corrected chi connectivity index (χ3v) is 5.87. The topological polar surface area (TPSA) is 136 Å². The molecule has 1 rings (SSSR count). The molecule has 0 unspecified atom stereocenters. The van der Waals surface area contributed by atoms with Gasteiger partial charge >= 0.3 is 0 Å². The molecule has 0 aliphatic rings. The van der Waals surface area contributed by atoms with Crippen LogP contribution in [0.5, 0.6) is 0 Å². The fraction of sp³-hybridized carbons (Fsp3) is 0.714. The summed E-state index contributed by atoms with van der Waals surface area (Å²) in [4.78, 5) is 27.6. The zero-order valence-corrected chi connectivity index (χ0v) is 18.7. The monoisotopic (exact) mass is 425 g/mol. The predicted octanol–water partition coefficient (Wildman–Crippen LogP) is 1.29. The number of nitrogens with one attached hydrogen (secondary N) is 2. The van der Waals surface area contributed by atoms with E-state index in [0.717, 1.165) is 32.1 Å². The van der Waals surface area contributed by atoms with Crippen molar-refractivity contribution in [3.05, 3.63) is 21.9 Å². The van der Waals surface area contributed by atoms with Crippen LogP contribution in [0.1, 0.15) is 55.7 Å². The van der Waals surface area contributed by atoms with Gasteiger partial charge in [0, 0.05) is 16.3 Å². The van der Waals surface area contributed by atoms with E-state index < -0.39 is 12.1 Å². The molecular weight excluding hydrogens is 386 g/mol. The summed E-state index contributed by atoms with van der Waals surface area (Å²) in [6.45, 7) is 5.89. The predicted molar refractivity (Wildman–Crippen MR) is 121 cm³/mol. The number of unbranched alkanes of at least 4 members (excludes halogenated alkanes) is 1. The number of hydrogen-bond donors (Lipinski definition) is 5. The molecule has 7 nitrogen and oxygen atoms in total. The van der Waals surface area contributed by atoms with Crippen LogP contribution in [0.15, 0.2) is 12.1 Å². The van der Waals surface area contributed by atoms with Crippen molar-refractivity contribution in [2.24, 2.45) is 23.1 Å². The minimum Gasteiger partial charge on any atom is -0.354 e. The first-order valence-corrected chi connectivity index (χ1v) is 11.5. The van der Waals surface area contributed by atoms with Crippen molar-refractivity contribution >= 4 is 23.2 Å². The molecule has 8 N–H and O–H groups in total. The van der Waals surface area contributed by atoms with Crippen molar-refractivity contribution in [3.63, 3.8) is 0 Å². The summed E-state index contributed by atoms with van der Waals surface area (Å²) in [5, 5.41) is 5.80. The van der Waals surface area contributed by atoms with Gasteiger partial charge in [0.1, 0.15) is 6.04 Å². The number of rotatable bonds is 15. The first-order valence-electron chi connectivity index (χ1n) is 10.7. The third kappa shape index (κ3) is 10.7. The second kappa shape index (κ2) is 14.5. The van der Waals surface area contributed by atoms with Crippen LogP contribution in [0.4, 0.5) is 0 Å². The fourth-order valence-electron chi connectivity index (χ4n) is 3.02. The summed E-state index contributed by atoms with van der Waals surface area (Å²) in [7, 11) is 0. The Kier molecular flexibility index (Phi) is 12.8. The number of aryl methyl sites for hydroxylation is 1. The van der Waals surface area contributed by atoms with Gasteiger partial charge in [0.25, 0.3) is 0 Å². The Morgan fingerprint density at radius 2 is 1.66 bits per heavy atom. The lowest BCUT2D eigenvalue weighted by atomic mass is 10.0. The van der Waals surface area contributed by atoms with Crippen LogP contribution in [0.25, 0.3) is 0 Å². The van der Waals surface area contributed by atoms with E-state index in [-0.39, 0.29) is 17.7 Å². The highest BCUT2D eigenvalue weighted by atomic mass is 32.1. The molecule has 0 aliphatic heterocycles. The quantitative estimate of drug-likeness (QED) is 0.270. The lowest BCUT2D eigenvalue weighted by Gasteiger charge is -2.22. The fourth-order valence-corrected chi connectivity index (χ4v) is 4.08. The van der Waals surface area contributed by atoms with Gasteiger partial charge in [-0.25, -0.2) is 0 Å². The molecule has 1 aromatic rings. The van der Waals surface area contributed by atoms with Crippen molar-refractivity contribution in [2.45, 2.75) is 70.9 Å². The standard InChI is InChI=1S/C21H39N5O2S/c1-15(2)14-19(26-20(27)18(24)7-3-4-11-22)21(28)25-13-10-17-9-8-16(29-17)6-5-12-23/h8-9,15,18-19H,3-7,10-14,22-24H2,1-2H3,(H,25,28)(H,26,27)/t18-,19-/m1/s1. The molecule has 0 aromatic carbocycles. The molecule has 2 atom stereocenters. The average molecular weight is 426 g/mol. The van der Waals surface area contributed by atoms with Gasteiger partial charge in [0.15, 0.2) is 0 Å². The number of nitrogens with two attached hydrogens (primary N) is 3. The van der Waals surface area contributed by atoms with Gasteiger partial charge < -0.3 is 27.8 Å². The minimum absolute atomic E-state index is 0.152. The molecule has 0 saturated carbocycles. The summed E-state index contributed by atoms with van der Waals surface area (Å²) >= 11 is 1.77. The highest BCUT2D eigenvalue weighted by molar-refractivity contribution is 7.11. The summed E-state index contributed by atoms with van der Waals surface area (Å²) in [6, 6.07) is 3.07. The van der Waals surface area contributed by atoms with Gasteiger partial charge in [-0.3, -0.25) is 9.59 Å². The molecule has 0 bridgehead atoms. The Labute approximate surface area is 179 Å². The van der Waals surface area contributed by atoms with Crippen LogP contribution in [-0.4, -0.2) is 43.5 Å². The largest absolute Gasteiger partial charge is 0.354 e. The van der Waals surface area contributed by atoms with Crippen LogP contribution >= 0.6 is 11.3 Å². The molecule has 1 aromatic heterocycles. The summed E-state index contributed by atoms with van der Waals surface area (Å²) in [5.41, 5.74) is 17.0. The summed E-state index contributed by atoms with van der Waals surface area (Å²) < 4.78 is 0. The molecule has 0 fully saturated rings. The van der Waals surface area contributed by atoms with E-state index in [9.17, 15) is 9.59 Å². The van der Waals surface area contributed by atoms with Gasteiger partial charge in [0.2, 0.25) is 11.8 Å². The zero-order valence-electron chi connectivity index (χ0n) is 17.9. The lowest BCUT2D eigenvalue weighted by Crippen LogP contribution is -2.52. The van der Waals surface area contributed by atoms with E-state index in [2.05, 4.69) is 22.8 Å². The molecule has 8 heteroatoms. The van der Waals surface area contributed by atoms with Gasteiger partial charge in [-0.1, -0.05) is 20.3 Å². The molecule has 29 heavy (non-hydrogen) atoms. The Morgan fingerprint density at radius 1 is 1.00 bits per heavy atom. The summed E-state index contributed by atoms with van der Waals surface area (Å²) in [5.74, 6) is -0.145.